The smallest absolute Gasteiger partial charge is 0.404 e. The lowest BCUT2D eigenvalue weighted by atomic mass is 9.74. The van der Waals surface area contributed by atoms with E-state index in [1.807, 2.05) is 36.4 Å². The highest BCUT2D eigenvalue weighted by molar-refractivity contribution is 6.61. The van der Waals surface area contributed by atoms with Gasteiger partial charge in [0.05, 0.1) is 0 Å². The molecule has 2 atom stereocenters. The van der Waals surface area contributed by atoms with Crippen molar-refractivity contribution in [3.8, 4) is 0 Å². The van der Waals surface area contributed by atoms with E-state index in [-0.39, 0.29) is 25.2 Å². The van der Waals surface area contributed by atoms with Crippen molar-refractivity contribution in [3.05, 3.63) is 66.2 Å². The average molecular weight is 266 g/mol. The molecule has 2 aromatic carbocycles. The first-order valence-corrected chi connectivity index (χ1v) is 7.16. The van der Waals surface area contributed by atoms with Gasteiger partial charge in [0, 0.05) is 18.1 Å². The van der Waals surface area contributed by atoms with Crippen LogP contribution in [0, 0.1) is 0 Å². The first-order valence-electron chi connectivity index (χ1n) is 7.16. The quantitative estimate of drug-likeness (QED) is 0.778. The molecule has 1 aliphatic rings. The molecule has 102 valence electrons. The lowest BCUT2D eigenvalue weighted by Gasteiger charge is -2.38. The minimum Gasteiger partial charge on any atom is -0.404 e. The molecular formula is C17H19BO2. The third kappa shape index (κ3) is 2.65. The van der Waals surface area contributed by atoms with Crippen molar-refractivity contribution in [2.24, 2.45) is 0 Å². The molecule has 0 aromatic heterocycles. The Labute approximate surface area is 120 Å². The van der Waals surface area contributed by atoms with Crippen LogP contribution in [0.1, 0.15) is 25.3 Å². The van der Waals surface area contributed by atoms with Crippen LogP contribution in [0.2, 0.25) is 0 Å². The standard InChI is InChI=1S/C17H19BO2/c1-13-17(15-9-5-3-6-10-15)14(2)20-18(19-13)16-11-7-4-8-12-16/h3-14,17H,1-2H3/t13-,14-/m1/s1. The topological polar surface area (TPSA) is 18.5 Å². The first kappa shape index (κ1) is 13.4. The zero-order valence-electron chi connectivity index (χ0n) is 11.9. The summed E-state index contributed by atoms with van der Waals surface area (Å²) in [4.78, 5) is 0. The zero-order chi connectivity index (χ0) is 13.9. The van der Waals surface area contributed by atoms with Crippen LogP contribution in [0.4, 0.5) is 0 Å². The Balaban J connectivity index is 1.80. The van der Waals surface area contributed by atoms with Crippen molar-refractivity contribution < 1.29 is 9.31 Å². The fourth-order valence-electron chi connectivity index (χ4n) is 2.96. The lowest BCUT2D eigenvalue weighted by Crippen LogP contribution is -2.50. The Hall–Kier alpha value is -1.58. The monoisotopic (exact) mass is 266 g/mol. The minimum absolute atomic E-state index is 0.131. The molecule has 0 aliphatic carbocycles. The molecule has 1 fully saturated rings. The van der Waals surface area contributed by atoms with Gasteiger partial charge in [0.25, 0.3) is 0 Å². The Kier molecular flexibility index (Phi) is 3.90. The summed E-state index contributed by atoms with van der Waals surface area (Å²) in [6.45, 7) is 4.26. The van der Waals surface area contributed by atoms with Gasteiger partial charge in [-0.3, -0.25) is 0 Å². The van der Waals surface area contributed by atoms with Crippen LogP contribution < -0.4 is 5.46 Å². The maximum absolute atomic E-state index is 6.09. The Morgan fingerprint density at radius 3 is 1.80 bits per heavy atom. The van der Waals surface area contributed by atoms with E-state index in [0.29, 0.717) is 0 Å². The molecule has 0 N–H and O–H groups in total. The van der Waals surface area contributed by atoms with E-state index in [0.717, 1.165) is 5.46 Å². The van der Waals surface area contributed by atoms with E-state index in [9.17, 15) is 0 Å². The third-order valence-electron chi connectivity index (χ3n) is 3.94. The second-order valence-corrected chi connectivity index (χ2v) is 5.36. The number of rotatable bonds is 2. The molecule has 3 rings (SSSR count). The molecule has 3 heteroatoms. The summed E-state index contributed by atoms with van der Waals surface area (Å²) in [7, 11) is -0.263. The Morgan fingerprint density at radius 1 is 0.750 bits per heavy atom. The van der Waals surface area contributed by atoms with E-state index in [1.54, 1.807) is 0 Å². The third-order valence-corrected chi connectivity index (χ3v) is 3.94. The van der Waals surface area contributed by atoms with Crippen LogP contribution in [0.15, 0.2) is 60.7 Å². The van der Waals surface area contributed by atoms with E-state index in [2.05, 4.69) is 38.1 Å². The summed E-state index contributed by atoms with van der Waals surface area (Å²) in [6, 6.07) is 20.6. The molecule has 0 saturated carbocycles. The van der Waals surface area contributed by atoms with Gasteiger partial charge in [-0.25, -0.2) is 0 Å². The van der Waals surface area contributed by atoms with Gasteiger partial charge in [0.1, 0.15) is 0 Å². The van der Waals surface area contributed by atoms with Gasteiger partial charge in [-0.2, -0.15) is 0 Å². The molecule has 1 aliphatic heterocycles. The summed E-state index contributed by atoms with van der Waals surface area (Å²) in [5, 5.41) is 0. The van der Waals surface area contributed by atoms with E-state index < -0.39 is 0 Å². The molecule has 0 bridgehead atoms. The average Bonchev–Trinajstić information content (AvgIpc) is 2.48. The normalized spacial score (nSPS) is 23.8. The highest BCUT2D eigenvalue weighted by Gasteiger charge is 2.39. The van der Waals surface area contributed by atoms with Gasteiger partial charge in [-0.15, -0.1) is 0 Å². The van der Waals surface area contributed by atoms with Crippen LogP contribution in [-0.4, -0.2) is 19.3 Å². The SMILES string of the molecule is C[C@H]1OB(c2ccccc2)O[C@H](C)C1c1ccccc1. The maximum Gasteiger partial charge on any atom is 0.494 e. The molecule has 1 saturated heterocycles. The number of hydrogen-bond acceptors (Lipinski definition) is 2. The van der Waals surface area contributed by atoms with Gasteiger partial charge < -0.3 is 9.31 Å². The van der Waals surface area contributed by atoms with Gasteiger partial charge >= 0.3 is 7.12 Å². The van der Waals surface area contributed by atoms with Crippen LogP contribution in [-0.2, 0) is 9.31 Å². The van der Waals surface area contributed by atoms with Crippen molar-refractivity contribution >= 4 is 12.6 Å². The van der Waals surface area contributed by atoms with Crippen LogP contribution in [0.25, 0.3) is 0 Å². The predicted octanol–water partition coefficient (Wildman–Crippen LogP) is 2.99. The summed E-state index contributed by atoms with van der Waals surface area (Å²) in [5.41, 5.74) is 2.36. The van der Waals surface area contributed by atoms with Gasteiger partial charge in [-0.1, -0.05) is 60.7 Å². The van der Waals surface area contributed by atoms with E-state index in [1.165, 1.54) is 5.56 Å². The molecule has 0 radical (unpaired) electrons. The van der Waals surface area contributed by atoms with Gasteiger partial charge in [0.15, 0.2) is 0 Å². The van der Waals surface area contributed by atoms with Crippen molar-refractivity contribution in [2.75, 3.05) is 0 Å². The molecule has 2 nitrogen and oxygen atoms in total. The maximum atomic E-state index is 6.09. The molecular weight excluding hydrogens is 247 g/mol. The second-order valence-electron chi connectivity index (χ2n) is 5.36. The summed E-state index contributed by atoms with van der Waals surface area (Å²) >= 11 is 0. The molecule has 20 heavy (non-hydrogen) atoms. The Morgan fingerprint density at radius 2 is 1.25 bits per heavy atom. The fourth-order valence-corrected chi connectivity index (χ4v) is 2.96. The lowest BCUT2D eigenvalue weighted by molar-refractivity contribution is 0.0166. The van der Waals surface area contributed by atoms with E-state index >= 15 is 0 Å². The molecule has 0 amide bonds. The van der Waals surface area contributed by atoms with Gasteiger partial charge in [0.2, 0.25) is 0 Å². The van der Waals surface area contributed by atoms with E-state index in [4.69, 9.17) is 9.31 Å². The summed E-state index contributed by atoms with van der Waals surface area (Å²) in [6.07, 6.45) is 0.262. The Bertz CT molecular complexity index is 531. The second kappa shape index (κ2) is 5.82. The van der Waals surface area contributed by atoms with Crippen molar-refractivity contribution in [2.45, 2.75) is 32.0 Å². The van der Waals surface area contributed by atoms with Gasteiger partial charge in [-0.05, 0) is 24.9 Å². The molecule has 0 spiro atoms. The highest BCUT2D eigenvalue weighted by atomic mass is 16.6. The zero-order valence-corrected chi connectivity index (χ0v) is 11.9. The molecule has 1 heterocycles. The first-order chi connectivity index (χ1) is 9.75. The van der Waals surface area contributed by atoms with Crippen molar-refractivity contribution in [1.82, 2.24) is 0 Å². The van der Waals surface area contributed by atoms with Crippen LogP contribution in [0.5, 0.6) is 0 Å². The van der Waals surface area contributed by atoms with Crippen LogP contribution in [0.3, 0.4) is 0 Å². The number of hydrogen-bond donors (Lipinski definition) is 0. The minimum atomic E-state index is -0.263. The highest BCUT2D eigenvalue weighted by Crippen LogP contribution is 2.31. The van der Waals surface area contributed by atoms with Crippen LogP contribution >= 0.6 is 0 Å². The molecule has 0 unspecified atom stereocenters. The largest absolute Gasteiger partial charge is 0.494 e. The summed E-state index contributed by atoms with van der Waals surface area (Å²) in [5.74, 6) is 0.274. The predicted molar refractivity (Wildman–Crippen MR) is 82.1 cm³/mol. The fraction of sp³-hybridized carbons (Fsp3) is 0.294. The van der Waals surface area contributed by atoms with Crippen molar-refractivity contribution in [1.29, 1.82) is 0 Å². The number of benzene rings is 2. The van der Waals surface area contributed by atoms with Crippen molar-refractivity contribution in [3.63, 3.8) is 0 Å². The molecule has 2 aromatic rings. The summed E-state index contributed by atoms with van der Waals surface area (Å²) < 4.78 is 12.2.